The Morgan fingerprint density at radius 2 is 2.14 bits per heavy atom. The van der Waals surface area contributed by atoms with Gasteiger partial charge in [0.2, 0.25) is 6.43 Å². The van der Waals surface area contributed by atoms with Gasteiger partial charge in [0, 0.05) is 25.2 Å². The van der Waals surface area contributed by atoms with Crippen LogP contribution in [0.4, 0.5) is 8.78 Å². The largest absolute Gasteiger partial charge is 0.368 e. The summed E-state index contributed by atoms with van der Waals surface area (Å²) in [5.41, 5.74) is 3.65. The van der Waals surface area contributed by atoms with Gasteiger partial charge in [0.15, 0.2) is 0 Å². The van der Waals surface area contributed by atoms with Gasteiger partial charge in [0.1, 0.15) is 0 Å². The summed E-state index contributed by atoms with van der Waals surface area (Å²) < 4.78 is 25.0. The first-order chi connectivity index (χ1) is 9.88. The Hall–Kier alpha value is -1.64. The third-order valence-electron chi connectivity index (χ3n) is 4.25. The maximum atomic E-state index is 12.5. The second kappa shape index (κ2) is 6.42. The first kappa shape index (κ1) is 15.7. The Bertz CT molecular complexity index is 536. The Kier molecular flexibility index (Phi) is 4.81. The Labute approximate surface area is 126 Å². The zero-order chi connectivity index (χ0) is 15.6. The molecule has 0 radical (unpaired) electrons. The van der Waals surface area contributed by atoms with Gasteiger partial charge in [-0.1, -0.05) is 43.9 Å². The van der Waals surface area contributed by atoms with Crippen LogP contribution in [-0.4, -0.2) is 24.4 Å². The predicted octanol–water partition coefficient (Wildman–Crippen LogP) is 4.75. The molecule has 1 fully saturated rings. The number of hydrogen-bond donors (Lipinski definition) is 0. The quantitative estimate of drug-likeness (QED) is 0.708. The van der Waals surface area contributed by atoms with Crippen molar-refractivity contribution in [1.29, 1.82) is 0 Å². The van der Waals surface area contributed by atoms with Gasteiger partial charge in [0.25, 0.3) is 0 Å². The monoisotopic (exact) mass is 291 g/mol. The predicted molar refractivity (Wildman–Crippen MR) is 84.3 cm³/mol. The van der Waals surface area contributed by atoms with Crippen molar-refractivity contribution >= 4 is 5.70 Å². The topological polar surface area (TPSA) is 3.24 Å². The lowest BCUT2D eigenvalue weighted by molar-refractivity contribution is 0.149. The highest BCUT2D eigenvalue weighted by atomic mass is 19.3. The fourth-order valence-corrected chi connectivity index (χ4v) is 3.09. The molecule has 21 heavy (non-hydrogen) atoms. The first-order valence-corrected chi connectivity index (χ1v) is 7.35. The number of rotatable bonds is 5. The number of benzene rings is 1. The maximum Gasteiger partial charge on any atom is 0.242 e. The third-order valence-corrected chi connectivity index (χ3v) is 4.25. The van der Waals surface area contributed by atoms with Crippen molar-refractivity contribution in [2.45, 2.75) is 38.7 Å². The summed E-state index contributed by atoms with van der Waals surface area (Å²) in [6.07, 6.45) is -0.404. The summed E-state index contributed by atoms with van der Waals surface area (Å²) in [4.78, 5) is 2.13. The Balaban J connectivity index is 2.14. The third kappa shape index (κ3) is 3.72. The van der Waals surface area contributed by atoms with E-state index in [1.807, 2.05) is 25.2 Å². The van der Waals surface area contributed by atoms with Gasteiger partial charge in [-0.25, -0.2) is 8.78 Å². The molecule has 0 spiro atoms. The van der Waals surface area contributed by atoms with Crippen LogP contribution in [0.5, 0.6) is 0 Å². The van der Waals surface area contributed by atoms with E-state index in [9.17, 15) is 8.78 Å². The van der Waals surface area contributed by atoms with Gasteiger partial charge >= 0.3 is 0 Å². The van der Waals surface area contributed by atoms with Crippen molar-refractivity contribution in [2.75, 3.05) is 7.05 Å². The molecule has 0 saturated heterocycles. The van der Waals surface area contributed by atoms with E-state index in [-0.39, 0.29) is 6.42 Å². The average molecular weight is 291 g/mol. The molecule has 1 aliphatic rings. The van der Waals surface area contributed by atoms with Crippen LogP contribution >= 0.6 is 0 Å². The minimum absolute atomic E-state index is 0.210. The second-order valence-electron chi connectivity index (χ2n) is 6.07. The SMILES string of the molecule is C=C1CC(C)CC1N(C)C(=C)c1cccc(CC(F)F)c1. The van der Waals surface area contributed by atoms with Crippen LogP contribution in [0.1, 0.15) is 30.9 Å². The van der Waals surface area contributed by atoms with Crippen LogP contribution in [-0.2, 0) is 6.42 Å². The molecule has 2 unspecified atom stereocenters. The van der Waals surface area contributed by atoms with E-state index in [0.29, 0.717) is 17.5 Å². The molecule has 3 heteroatoms. The van der Waals surface area contributed by atoms with Crippen molar-refractivity contribution in [2.24, 2.45) is 5.92 Å². The van der Waals surface area contributed by atoms with Crippen LogP contribution in [0, 0.1) is 5.92 Å². The zero-order valence-corrected chi connectivity index (χ0v) is 12.8. The highest BCUT2D eigenvalue weighted by Gasteiger charge is 2.29. The molecule has 0 aromatic heterocycles. The van der Waals surface area contributed by atoms with Crippen molar-refractivity contribution in [3.8, 4) is 0 Å². The van der Waals surface area contributed by atoms with Crippen LogP contribution in [0.15, 0.2) is 43.0 Å². The van der Waals surface area contributed by atoms with Gasteiger partial charge < -0.3 is 4.90 Å². The summed E-state index contributed by atoms with van der Waals surface area (Å²) in [5.74, 6) is 0.642. The molecule has 0 heterocycles. The van der Waals surface area contributed by atoms with E-state index < -0.39 is 6.43 Å². The standard InChI is InChI=1S/C18H23F2N/c1-12-8-13(2)17(9-12)21(4)14(3)16-7-5-6-15(10-16)11-18(19)20/h5-7,10,12,17-18H,2-3,8-9,11H2,1,4H3. The van der Waals surface area contributed by atoms with E-state index in [0.717, 1.165) is 24.1 Å². The fraction of sp³-hybridized carbons (Fsp3) is 0.444. The molecule has 1 aromatic rings. The van der Waals surface area contributed by atoms with Gasteiger partial charge in [0.05, 0.1) is 0 Å². The number of likely N-dealkylation sites (N-methyl/N-ethyl adjacent to an activating group) is 1. The summed E-state index contributed by atoms with van der Waals surface area (Å²) >= 11 is 0. The van der Waals surface area contributed by atoms with Crippen molar-refractivity contribution in [3.63, 3.8) is 0 Å². The highest BCUT2D eigenvalue weighted by Crippen LogP contribution is 2.35. The van der Waals surface area contributed by atoms with E-state index in [4.69, 9.17) is 0 Å². The normalized spacial score (nSPS) is 21.9. The molecular formula is C18H23F2N. The molecule has 0 N–H and O–H groups in total. The van der Waals surface area contributed by atoms with E-state index in [2.05, 4.69) is 25.0 Å². The first-order valence-electron chi connectivity index (χ1n) is 7.35. The van der Waals surface area contributed by atoms with Crippen LogP contribution in [0.2, 0.25) is 0 Å². The average Bonchev–Trinajstić information content (AvgIpc) is 2.75. The van der Waals surface area contributed by atoms with Gasteiger partial charge in [-0.05, 0) is 36.0 Å². The van der Waals surface area contributed by atoms with Crippen molar-refractivity contribution in [1.82, 2.24) is 4.90 Å². The van der Waals surface area contributed by atoms with E-state index in [1.165, 1.54) is 5.57 Å². The summed E-state index contributed by atoms with van der Waals surface area (Å²) in [6, 6.07) is 7.59. The molecular weight excluding hydrogens is 268 g/mol. The molecule has 114 valence electrons. The number of nitrogens with zero attached hydrogens (tertiary/aromatic N) is 1. The Morgan fingerprint density at radius 3 is 2.71 bits per heavy atom. The highest BCUT2D eigenvalue weighted by molar-refractivity contribution is 5.63. The molecule has 2 atom stereocenters. The zero-order valence-electron chi connectivity index (χ0n) is 12.8. The number of halogens is 2. The molecule has 0 aliphatic heterocycles. The molecule has 1 aromatic carbocycles. The minimum atomic E-state index is -2.32. The molecule has 0 amide bonds. The summed E-state index contributed by atoms with van der Waals surface area (Å²) in [5, 5.41) is 0. The van der Waals surface area contributed by atoms with Crippen LogP contribution < -0.4 is 0 Å². The van der Waals surface area contributed by atoms with Gasteiger partial charge in [-0.2, -0.15) is 0 Å². The fourth-order valence-electron chi connectivity index (χ4n) is 3.09. The van der Waals surface area contributed by atoms with Gasteiger partial charge in [-0.3, -0.25) is 0 Å². The van der Waals surface area contributed by atoms with Gasteiger partial charge in [-0.15, -0.1) is 0 Å². The van der Waals surface area contributed by atoms with E-state index in [1.54, 1.807) is 6.07 Å². The number of hydrogen-bond acceptors (Lipinski definition) is 1. The van der Waals surface area contributed by atoms with E-state index >= 15 is 0 Å². The Morgan fingerprint density at radius 1 is 1.43 bits per heavy atom. The van der Waals surface area contributed by atoms with Crippen LogP contribution in [0.3, 0.4) is 0 Å². The second-order valence-corrected chi connectivity index (χ2v) is 6.07. The summed E-state index contributed by atoms with van der Waals surface area (Å²) in [7, 11) is 2.01. The lowest BCUT2D eigenvalue weighted by Gasteiger charge is -2.30. The molecule has 1 nitrogen and oxygen atoms in total. The lowest BCUT2D eigenvalue weighted by Crippen LogP contribution is -2.28. The molecule has 1 saturated carbocycles. The van der Waals surface area contributed by atoms with Crippen molar-refractivity contribution in [3.05, 3.63) is 54.1 Å². The molecule has 0 bridgehead atoms. The maximum absolute atomic E-state index is 12.5. The lowest BCUT2D eigenvalue weighted by atomic mass is 10.0. The van der Waals surface area contributed by atoms with Crippen molar-refractivity contribution < 1.29 is 8.78 Å². The smallest absolute Gasteiger partial charge is 0.242 e. The molecule has 1 aliphatic carbocycles. The minimum Gasteiger partial charge on any atom is -0.368 e. The van der Waals surface area contributed by atoms with Crippen LogP contribution in [0.25, 0.3) is 5.70 Å². The number of alkyl halides is 2. The molecule has 2 rings (SSSR count). The summed E-state index contributed by atoms with van der Waals surface area (Å²) in [6.45, 7) is 10.5.